The van der Waals surface area contributed by atoms with Gasteiger partial charge in [-0.2, -0.15) is 0 Å². The quantitative estimate of drug-likeness (QED) is 0.671. The fourth-order valence-corrected chi connectivity index (χ4v) is 4.09. The Bertz CT molecular complexity index is 767. The van der Waals surface area contributed by atoms with Crippen LogP contribution in [0, 0.1) is 13.8 Å². The molecule has 0 radical (unpaired) electrons. The molecule has 1 fully saturated rings. The summed E-state index contributed by atoms with van der Waals surface area (Å²) in [6.07, 6.45) is 2.41. The van der Waals surface area contributed by atoms with Gasteiger partial charge in [0.25, 0.3) is 0 Å². The van der Waals surface area contributed by atoms with Crippen LogP contribution in [0.25, 0.3) is 21.9 Å². The number of furan rings is 2. The predicted octanol–water partition coefficient (Wildman–Crippen LogP) is 5.03. The Morgan fingerprint density at radius 3 is 2.52 bits per heavy atom. The average molecular weight is 348 g/mol. The fraction of sp³-hybridized carbons (Fsp3) is 0.412. The molecule has 3 aromatic rings. The number of rotatable bonds is 1. The highest BCUT2D eigenvalue weighted by molar-refractivity contribution is 9.10. The first-order valence-electron chi connectivity index (χ1n) is 7.47. The SMILES string of the molecule is Cc1cc2c(C3CCCNC3)c3oc(C)cc3c(Br)c2o1. The van der Waals surface area contributed by atoms with Gasteiger partial charge in [0.1, 0.15) is 22.7 Å². The van der Waals surface area contributed by atoms with Crippen LogP contribution in [-0.4, -0.2) is 13.1 Å². The average Bonchev–Trinajstić information content (AvgIpc) is 3.03. The number of hydrogen-bond donors (Lipinski definition) is 1. The lowest BCUT2D eigenvalue weighted by Crippen LogP contribution is -2.28. The topological polar surface area (TPSA) is 38.3 Å². The lowest BCUT2D eigenvalue weighted by Gasteiger charge is -2.24. The standard InChI is InChI=1S/C17H18BrNO2/c1-9-6-12-14(11-4-3-5-19-8-11)16-13(7-10(2)20-16)15(18)17(12)21-9/h6-7,11,19H,3-5,8H2,1-2H3. The van der Waals surface area contributed by atoms with E-state index in [4.69, 9.17) is 8.83 Å². The largest absolute Gasteiger partial charge is 0.461 e. The summed E-state index contributed by atoms with van der Waals surface area (Å²) in [4.78, 5) is 0. The fourth-order valence-electron chi connectivity index (χ4n) is 3.50. The maximum absolute atomic E-state index is 6.05. The summed E-state index contributed by atoms with van der Waals surface area (Å²) in [7, 11) is 0. The highest BCUT2D eigenvalue weighted by Crippen LogP contribution is 2.43. The van der Waals surface area contributed by atoms with Crippen molar-refractivity contribution >= 4 is 37.9 Å². The van der Waals surface area contributed by atoms with E-state index >= 15 is 0 Å². The van der Waals surface area contributed by atoms with Crippen molar-refractivity contribution in [3.05, 3.63) is 33.7 Å². The van der Waals surface area contributed by atoms with Crippen molar-refractivity contribution < 1.29 is 8.83 Å². The Kier molecular flexibility index (Phi) is 3.12. The van der Waals surface area contributed by atoms with Gasteiger partial charge in [0.2, 0.25) is 0 Å². The molecule has 21 heavy (non-hydrogen) atoms. The van der Waals surface area contributed by atoms with E-state index in [-0.39, 0.29) is 0 Å². The molecule has 0 saturated carbocycles. The van der Waals surface area contributed by atoms with Gasteiger partial charge in [-0.3, -0.25) is 0 Å². The van der Waals surface area contributed by atoms with Gasteiger partial charge in [0.05, 0.1) is 4.47 Å². The minimum atomic E-state index is 0.486. The molecule has 4 heteroatoms. The van der Waals surface area contributed by atoms with Crippen molar-refractivity contribution in [2.45, 2.75) is 32.6 Å². The number of nitrogens with one attached hydrogen (secondary N) is 1. The van der Waals surface area contributed by atoms with Crippen molar-refractivity contribution in [3.8, 4) is 0 Å². The van der Waals surface area contributed by atoms with Gasteiger partial charge < -0.3 is 14.2 Å². The van der Waals surface area contributed by atoms with Crippen LogP contribution in [0.15, 0.2) is 25.4 Å². The molecule has 0 bridgehead atoms. The van der Waals surface area contributed by atoms with E-state index in [2.05, 4.69) is 33.4 Å². The van der Waals surface area contributed by atoms with Crippen LogP contribution in [0.5, 0.6) is 0 Å². The Morgan fingerprint density at radius 2 is 1.81 bits per heavy atom. The highest BCUT2D eigenvalue weighted by Gasteiger charge is 2.26. The van der Waals surface area contributed by atoms with Gasteiger partial charge in [-0.05, 0) is 61.3 Å². The Morgan fingerprint density at radius 1 is 1.10 bits per heavy atom. The van der Waals surface area contributed by atoms with E-state index in [1.165, 1.54) is 23.8 Å². The number of benzene rings is 1. The smallest absolute Gasteiger partial charge is 0.149 e. The molecule has 0 spiro atoms. The summed E-state index contributed by atoms with van der Waals surface area (Å²) < 4.78 is 13.0. The summed E-state index contributed by atoms with van der Waals surface area (Å²) in [6.45, 7) is 6.13. The van der Waals surface area contributed by atoms with Gasteiger partial charge in [0, 0.05) is 28.8 Å². The van der Waals surface area contributed by atoms with E-state index < -0.39 is 0 Å². The minimum absolute atomic E-state index is 0.486. The summed E-state index contributed by atoms with van der Waals surface area (Å²) in [5, 5.41) is 5.82. The summed E-state index contributed by atoms with van der Waals surface area (Å²) >= 11 is 3.70. The first-order valence-corrected chi connectivity index (χ1v) is 8.27. The van der Waals surface area contributed by atoms with Gasteiger partial charge in [-0.1, -0.05) is 0 Å². The molecular weight excluding hydrogens is 330 g/mol. The van der Waals surface area contributed by atoms with Crippen LogP contribution in [0.4, 0.5) is 0 Å². The maximum atomic E-state index is 6.05. The van der Waals surface area contributed by atoms with Crippen LogP contribution in [-0.2, 0) is 0 Å². The van der Waals surface area contributed by atoms with Gasteiger partial charge in [-0.25, -0.2) is 0 Å². The molecule has 1 N–H and O–H groups in total. The van der Waals surface area contributed by atoms with E-state index in [1.807, 2.05) is 13.8 Å². The number of fused-ring (bicyclic) bond motifs is 2. The predicted molar refractivity (Wildman–Crippen MR) is 88.0 cm³/mol. The molecule has 1 unspecified atom stereocenters. The van der Waals surface area contributed by atoms with Crippen LogP contribution in [0.3, 0.4) is 0 Å². The molecule has 1 aliphatic rings. The second-order valence-corrected chi connectivity index (χ2v) is 6.76. The summed E-state index contributed by atoms with van der Waals surface area (Å²) in [5.41, 5.74) is 3.27. The summed E-state index contributed by atoms with van der Waals surface area (Å²) in [6, 6.07) is 4.23. The van der Waals surface area contributed by atoms with Crippen molar-refractivity contribution in [2.24, 2.45) is 0 Å². The Labute approximate surface area is 131 Å². The molecule has 110 valence electrons. The second kappa shape index (κ2) is 4.89. The van der Waals surface area contributed by atoms with E-state index in [0.29, 0.717) is 5.92 Å². The van der Waals surface area contributed by atoms with Crippen molar-refractivity contribution in [2.75, 3.05) is 13.1 Å². The van der Waals surface area contributed by atoms with Crippen LogP contribution in [0.1, 0.15) is 35.8 Å². The molecule has 0 amide bonds. The molecule has 3 nitrogen and oxygen atoms in total. The lowest BCUT2D eigenvalue weighted by atomic mass is 9.88. The number of halogens is 1. The monoisotopic (exact) mass is 347 g/mol. The number of aryl methyl sites for hydroxylation is 2. The molecule has 1 saturated heterocycles. The number of piperidine rings is 1. The van der Waals surface area contributed by atoms with E-state index in [9.17, 15) is 0 Å². The molecule has 1 aliphatic heterocycles. The molecule has 1 atom stereocenters. The van der Waals surface area contributed by atoms with E-state index in [0.717, 1.165) is 45.6 Å². The third-order valence-electron chi connectivity index (χ3n) is 4.39. The first-order chi connectivity index (χ1) is 10.1. The minimum Gasteiger partial charge on any atom is -0.461 e. The van der Waals surface area contributed by atoms with E-state index in [1.54, 1.807) is 0 Å². The van der Waals surface area contributed by atoms with Crippen LogP contribution < -0.4 is 5.32 Å². The zero-order chi connectivity index (χ0) is 14.6. The van der Waals surface area contributed by atoms with Crippen molar-refractivity contribution in [1.82, 2.24) is 5.32 Å². The Balaban J connectivity index is 2.09. The zero-order valence-electron chi connectivity index (χ0n) is 12.3. The third-order valence-corrected chi connectivity index (χ3v) is 5.17. The van der Waals surface area contributed by atoms with Gasteiger partial charge in [-0.15, -0.1) is 0 Å². The molecule has 4 rings (SSSR count). The maximum Gasteiger partial charge on any atom is 0.149 e. The normalized spacial score (nSPS) is 19.7. The Hall–Kier alpha value is -1.26. The third kappa shape index (κ3) is 2.04. The van der Waals surface area contributed by atoms with Crippen molar-refractivity contribution in [3.63, 3.8) is 0 Å². The summed E-state index contributed by atoms with van der Waals surface area (Å²) in [5.74, 6) is 2.37. The molecule has 3 heterocycles. The van der Waals surface area contributed by atoms with Crippen molar-refractivity contribution in [1.29, 1.82) is 0 Å². The molecular formula is C17H18BrNO2. The van der Waals surface area contributed by atoms with Gasteiger partial charge in [0.15, 0.2) is 0 Å². The van der Waals surface area contributed by atoms with Crippen LogP contribution in [0.2, 0.25) is 0 Å². The first kappa shape index (κ1) is 13.4. The molecule has 0 aliphatic carbocycles. The zero-order valence-corrected chi connectivity index (χ0v) is 13.8. The van der Waals surface area contributed by atoms with Crippen LogP contribution >= 0.6 is 15.9 Å². The molecule has 1 aromatic carbocycles. The molecule has 2 aromatic heterocycles. The number of hydrogen-bond acceptors (Lipinski definition) is 3. The van der Waals surface area contributed by atoms with Gasteiger partial charge >= 0.3 is 0 Å². The second-order valence-electron chi connectivity index (χ2n) is 5.97. The highest BCUT2D eigenvalue weighted by atomic mass is 79.9. The lowest BCUT2D eigenvalue weighted by molar-refractivity contribution is 0.459.